The molecule has 0 radical (unpaired) electrons. The van der Waals surface area contributed by atoms with Crippen molar-refractivity contribution in [2.24, 2.45) is 11.8 Å². The van der Waals surface area contributed by atoms with Crippen LogP contribution < -0.4 is 0 Å². The van der Waals surface area contributed by atoms with Crippen molar-refractivity contribution in [3.05, 3.63) is 54.2 Å². The second-order valence-corrected chi connectivity index (χ2v) is 10.5. The molecule has 0 saturated carbocycles. The van der Waals surface area contributed by atoms with Crippen molar-refractivity contribution in [1.29, 1.82) is 0 Å². The van der Waals surface area contributed by atoms with Crippen LogP contribution in [0.25, 0.3) is 10.9 Å². The van der Waals surface area contributed by atoms with E-state index in [0.29, 0.717) is 11.8 Å². The molecule has 5 atom stereocenters. The highest BCUT2D eigenvalue weighted by atomic mass is 16.3. The van der Waals surface area contributed by atoms with Crippen LogP contribution in [0.2, 0.25) is 0 Å². The molecule has 3 aliphatic rings. The largest absolute Gasteiger partial charge is 0.387 e. The third kappa shape index (κ3) is 6.05. The Bertz CT molecular complexity index is 894. The third-order valence-corrected chi connectivity index (χ3v) is 8.17. The average Bonchev–Trinajstić information content (AvgIpc) is 2.87. The summed E-state index contributed by atoms with van der Waals surface area (Å²) in [5.74, 6) is 1.25. The summed E-state index contributed by atoms with van der Waals surface area (Å²) in [6.07, 6.45) is 17.0. The Balaban J connectivity index is 1.38. The van der Waals surface area contributed by atoms with Crippen LogP contribution in [-0.2, 0) is 6.42 Å². The number of hydrogen-bond acceptors (Lipinski definition) is 3. The first kappa shape index (κ1) is 24.4. The van der Waals surface area contributed by atoms with Gasteiger partial charge in [-0.15, -0.1) is 6.58 Å². The minimum absolute atomic E-state index is 0.214. The standard InChI is InChI=1S/C30H44N2O/c1-3-5-6-7-8-9-10-11-12-15-25-21-27(26-16-13-14-17-28(26)31-25)30(33)29-20-24-18-19-32(29)22-23(24)4-2/h4,13-14,16-17,21,23-24,29-30,33H,2-3,5-12,15,18-20,22H2,1H3/t23-,24-,29+,30-/m0/s1. The maximum absolute atomic E-state index is 11.6. The van der Waals surface area contributed by atoms with Crippen LogP contribution in [0.15, 0.2) is 43.0 Å². The highest BCUT2D eigenvalue weighted by Crippen LogP contribution is 2.42. The molecule has 4 heterocycles. The predicted octanol–water partition coefficient (Wildman–Crippen LogP) is 7.24. The number of aliphatic hydroxyl groups excluding tert-OH is 1. The summed E-state index contributed by atoms with van der Waals surface area (Å²) >= 11 is 0. The average molecular weight is 449 g/mol. The number of pyridine rings is 1. The highest BCUT2D eigenvalue weighted by Gasteiger charge is 2.42. The van der Waals surface area contributed by atoms with Crippen LogP contribution in [0, 0.1) is 11.8 Å². The summed E-state index contributed by atoms with van der Waals surface area (Å²) in [4.78, 5) is 7.47. The van der Waals surface area contributed by atoms with Crippen molar-refractivity contribution in [3.63, 3.8) is 0 Å². The zero-order valence-electron chi connectivity index (χ0n) is 20.7. The lowest BCUT2D eigenvalue weighted by Gasteiger charge is -2.50. The quantitative estimate of drug-likeness (QED) is 0.259. The van der Waals surface area contributed by atoms with E-state index >= 15 is 0 Å². The van der Waals surface area contributed by atoms with Gasteiger partial charge in [0, 0.05) is 23.7 Å². The Kier molecular flexibility index (Phi) is 8.97. The van der Waals surface area contributed by atoms with Crippen LogP contribution >= 0.6 is 0 Å². The van der Waals surface area contributed by atoms with E-state index in [0.717, 1.165) is 48.1 Å². The van der Waals surface area contributed by atoms with Crippen molar-refractivity contribution in [2.45, 2.75) is 96.1 Å². The zero-order valence-corrected chi connectivity index (χ0v) is 20.7. The fraction of sp³-hybridized carbons (Fsp3) is 0.633. The molecular formula is C30H44N2O. The molecule has 3 saturated heterocycles. The summed E-state index contributed by atoms with van der Waals surface area (Å²) in [7, 11) is 0. The van der Waals surface area contributed by atoms with E-state index < -0.39 is 6.10 Å². The molecule has 3 heteroatoms. The number of para-hydroxylation sites is 1. The summed E-state index contributed by atoms with van der Waals surface area (Å²) in [5.41, 5.74) is 3.25. The lowest BCUT2D eigenvalue weighted by Crippen LogP contribution is -2.54. The van der Waals surface area contributed by atoms with Crippen LogP contribution in [0.3, 0.4) is 0 Å². The van der Waals surface area contributed by atoms with Gasteiger partial charge in [-0.3, -0.25) is 9.88 Å². The minimum atomic E-state index is -0.451. The number of nitrogens with zero attached hydrogens (tertiary/aromatic N) is 2. The minimum Gasteiger partial charge on any atom is -0.387 e. The summed E-state index contributed by atoms with van der Waals surface area (Å²) in [6.45, 7) is 8.48. The van der Waals surface area contributed by atoms with Gasteiger partial charge in [0.25, 0.3) is 0 Å². The van der Waals surface area contributed by atoms with Crippen LogP contribution in [0.4, 0.5) is 0 Å². The lowest BCUT2D eigenvalue weighted by molar-refractivity contribution is -0.0445. The number of fused-ring (bicyclic) bond motifs is 4. The number of aryl methyl sites for hydroxylation is 1. The molecule has 3 aliphatic heterocycles. The van der Waals surface area contributed by atoms with Crippen molar-refractivity contribution < 1.29 is 5.11 Å². The van der Waals surface area contributed by atoms with Gasteiger partial charge < -0.3 is 5.11 Å². The van der Waals surface area contributed by atoms with E-state index in [1.54, 1.807) is 0 Å². The fourth-order valence-corrected chi connectivity index (χ4v) is 6.16. The van der Waals surface area contributed by atoms with Gasteiger partial charge in [0.05, 0.1) is 11.6 Å². The zero-order chi connectivity index (χ0) is 23.0. The molecule has 0 spiro atoms. The maximum atomic E-state index is 11.6. The predicted molar refractivity (Wildman–Crippen MR) is 139 cm³/mol. The van der Waals surface area contributed by atoms with Gasteiger partial charge in [0.1, 0.15) is 0 Å². The van der Waals surface area contributed by atoms with Gasteiger partial charge in [-0.2, -0.15) is 0 Å². The summed E-state index contributed by atoms with van der Waals surface area (Å²) in [5, 5.41) is 12.7. The normalized spacial score (nSPS) is 25.4. The summed E-state index contributed by atoms with van der Waals surface area (Å²) in [6, 6.07) is 10.8. The van der Waals surface area contributed by atoms with Gasteiger partial charge >= 0.3 is 0 Å². The molecule has 1 aromatic heterocycles. The van der Waals surface area contributed by atoms with Crippen molar-refractivity contribution in [3.8, 4) is 0 Å². The SMILES string of the molecule is C=C[C@H]1CN2CC[C@H]1C[C@@H]2[C@@H](O)c1cc(CCCCCCCCCCC)nc2ccccc12. The van der Waals surface area contributed by atoms with Gasteiger partial charge in [0.15, 0.2) is 0 Å². The molecule has 2 aromatic rings. The molecule has 180 valence electrons. The van der Waals surface area contributed by atoms with E-state index in [-0.39, 0.29) is 6.04 Å². The number of unbranched alkanes of at least 4 members (excludes halogenated alkanes) is 8. The second kappa shape index (κ2) is 12.1. The van der Waals surface area contributed by atoms with E-state index in [1.807, 2.05) is 0 Å². The third-order valence-electron chi connectivity index (χ3n) is 8.17. The van der Waals surface area contributed by atoms with E-state index in [9.17, 15) is 5.11 Å². The van der Waals surface area contributed by atoms with E-state index in [2.05, 4.69) is 54.8 Å². The molecule has 2 bridgehead atoms. The first-order valence-corrected chi connectivity index (χ1v) is 13.6. The van der Waals surface area contributed by atoms with Crippen LogP contribution in [0.5, 0.6) is 0 Å². The van der Waals surface area contributed by atoms with Crippen LogP contribution in [-0.4, -0.2) is 34.1 Å². The first-order valence-electron chi connectivity index (χ1n) is 13.6. The van der Waals surface area contributed by atoms with Crippen molar-refractivity contribution in [1.82, 2.24) is 9.88 Å². The van der Waals surface area contributed by atoms with E-state index in [4.69, 9.17) is 4.98 Å². The second-order valence-electron chi connectivity index (χ2n) is 10.5. The Hall–Kier alpha value is -1.71. The number of aliphatic hydroxyl groups is 1. The number of rotatable bonds is 13. The first-order chi connectivity index (χ1) is 16.2. The Morgan fingerprint density at radius 3 is 2.52 bits per heavy atom. The highest BCUT2D eigenvalue weighted by molar-refractivity contribution is 5.82. The van der Waals surface area contributed by atoms with Crippen molar-refractivity contribution >= 4 is 10.9 Å². The fourth-order valence-electron chi connectivity index (χ4n) is 6.16. The number of aromatic nitrogens is 1. The smallest absolute Gasteiger partial charge is 0.0952 e. The lowest BCUT2D eigenvalue weighted by atomic mass is 9.73. The molecule has 1 aromatic carbocycles. The van der Waals surface area contributed by atoms with Gasteiger partial charge in [-0.05, 0) is 61.8 Å². The molecule has 1 unspecified atom stereocenters. The number of benzene rings is 1. The molecular weight excluding hydrogens is 404 g/mol. The number of piperidine rings is 3. The van der Waals surface area contributed by atoms with Crippen molar-refractivity contribution in [2.75, 3.05) is 13.1 Å². The molecule has 3 nitrogen and oxygen atoms in total. The molecule has 5 rings (SSSR count). The topological polar surface area (TPSA) is 36.4 Å². The molecule has 0 amide bonds. The molecule has 33 heavy (non-hydrogen) atoms. The Morgan fingerprint density at radius 2 is 1.82 bits per heavy atom. The molecule has 0 aliphatic carbocycles. The Labute approximate surface area is 201 Å². The molecule has 1 N–H and O–H groups in total. The summed E-state index contributed by atoms with van der Waals surface area (Å²) < 4.78 is 0. The Morgan fingerprint density at radius 1 is 1.09 bits per heavy atom. The number of hydrogen-bond donors (Lipinski definition) is 1. The van der Waals surface area contributed by atoms with Gasteiger partial charge in [-0.1, -0.05) is 82.6 Å². The monoisotopic (exact) mass is 448 g/mol. The van der Waals surface area contributed by atoms with Gasteiger partial charge in [0.2, 0.25) is 0 Å². The molecule has 3 fully saturated rings. The van der Waals surface area contributed by atoms with Crippen LogP contribution in [0.1, 0.15) is 94.9 Å². The maximum Gasteiger partial charge on any atom is 0.0952 e. The van der Waals surface area contributed by atoms with Gasteiger partial charge in [-0.25, -0.2) is 0 Å². The van der Waals surface area contributed by atoms with E-state index in [1.165, 1.54) is 64.2 Å².